The fourth-order valence-electron chi connectivity index (χ4n) is 1.82. The summed E-state index contributed by atoms with van der Waals surface area (Å²) in [6, 6.07) is 9.72. The summed E-state index contributed by atoms with van der Waals surface area (Å²) in [7, 11) is 1.36. The van der Waals surface area contributed by atoms with Crippen LogP contribution < -0.4 is 5.73 Å². The molecule has 17 heavy (non-hydrogen) atoms. The van der Waals surface area contributed by atoms with E-state index in [2.05, 4.69) is 0 Å². The molecule has 0 unspecified atom stereocenters. The molecule has 0 saturated heterocycles. The van der Waals surface area contributed by atoms with Crippen LogP contribution in [0.15, 0.2) is 30.3 Å². The third-order valence-corrected chi connectivity index (χ3v) is 3.50. The van der Waals surface area contributed by atoms with Crippen molar-refractivity contribution in [1.82, 2.24) is 0 Å². The van der Waals surface area contributed by atoms with Gasteiger partial charge in [-0.2, -0.15) is 0 Å². The third kappa shape index (κ3) is 2.03. The van der Waals surface area contributed by atoms with Crippen LogP contribution in [0, 0.1) is 6.92 Å². The standard InChI is InChI=1S/C13H13NO2S/c1-8-10(9-6-4-3-5-7-9)11(12(14)17-8)13(15)16-2/h3-7H,14H2,1-2H3. The van der Waals surface area contributed by atoms with Crippen molar-refractivity contribution in [2.45, 2.75) is 6.92 Å². The number of ether oxygens (including phenoxy) is 1. The lowest BCUT2D eigenvalue weighted by molar-refractivity contribution is 0.0603. The van der Waals surface area contributed by atoms with Crippen LogP contribution in [0.2, 0.25) is 0 Å². The van der Waals surface area contributed by atoms with Crippen molar-refractivity contribution in [3.8, 4) is 11.1 Å². The summed E-state index contributed by atoms with van der Waals surface area (Å²) in [5, 5.41) is 0.508. The van der Waals surface area contributed by atoms with E-state index in [1.165, 1.54) is 18.4 Å². The number of thiophene rings is 1. The Morgan fingerprint density at radius 1 is 1.29 bits per heavy atom. The molecule has 0 aliphatic heterocycles. The molecule has 88 valence electrons. The number of nitrogen functional groups attached to an aromatic ring is 1. The Morgan fingerprint density at radius 2 is 1.94 bits per heavy atom. The minimum Gasteiger partial charge on any atom is -0.465 e. The topological polar surface area (TPSA) is 52.3 Å². The number of anilines is 1. The van der Waals surface area contributed by atoms with E-state index in [0.29, 0.717) is 10.6 Å². The number of aryl methyl sites for hydroxylation is 1. The Hall–Kier alpha value is -1.81. The van der Waals surface area contributed by atoms with Crippen LogP contribution in [0.5, 0.6) is 0 Å². The second kappa shape index (κ2) is 4.59. The average Bonchev–Trinajstić information content (AvgIpc) is 2.64. The highest BCUT2D eigenvalue weighted by atomic mass is 32.1. The van der Waals surface area contributed by atoms with Gasteiger partial charge in [0.05, 0.1) is 7.11 Å². The van der Waals surface area contributed by atoms with Crippen LogP contribution >= 0.6 is 11.3 Å². The molecule has 3 nitrogen and oxygen atoms in total. The van der Waals surface area contributed by atoms with Crippen LogP contribution in [0.3, 0.4) is 0 Å². The highest BCUT2D eigenvalue weighted by molar-refractivity contribution is 7.16. The summed E-state index contributed by atoms with van der Waals surface area (Å²) in [6.07, 6.45) is 0. The van der Waals surface area contributed by atoms with E-state index >= 15 is 0 Å². The van der Waals surface area contributed by atoms with Gasteiger partial charge in [-0.1, -0.05) is 30.3 Å². The summed E-state index contributed by atoms with van der Waals surface area (Å²) in [4.78, 5) is 12.8. The number of nitrogens with two attached hydrogens (primary N) is 1. The first kappa shape index (κ1) is 11.7. The van der Waals surface area contributed by atoms with Gasteiger partial charge in [0.2, 0.25) is 0 Å². The van der Waals surface area contributed by atoms with Crippen molar-refractivity contribution < 1.29 is 9.53 Å². The smallest absolute Gasteiger partial charge is 0.341 e. The molecule has 0 aliphatic rings. The molecule has 1 aromatic heterocycles. The molecule has 2 aromatic rings. The quantitative estimate of drug-likeness (QED) is 0.830. The summed E-state index contributed by atoms with van der Waals surface area (Å²) < 4.78 is 4.78. The molecule has 0 spiro atoms. The number of esters is 1. The van der Waals surface area contributed by atoms with Crippen molar-refractivity contribution in [1.29, 1.82) is 0 Å². The molecule has 2 N–H and O–H groups in total. The van der Waals surface area contributed by atoms with Crippen LogP contribution in [-0.2, 0) is 4.74 Å². The summed E-state index contributed by atoms with van der Waals surface area (Å²) in [6.45, 7) is 1.95. The minimum absolute atomic E-state index is 0.384. The van der Waals surface area contributed by atoms with Gasteiger partial charge in [0, 0.05) is 10.4 Å². The Kier molecular flexibility index (Phi) is 3.15. The van der Waals surface area contributed by atoms with E-state index < -0.39 is 0 Å². The molecular weight excluding hydrogens is 234 g/mol. The van der Waals surface area contributed by atoms with Crippen LogP contribution in [0.1, 0.15) is 15.2 Å². The number of carbonyl (C=O) groups is 1. The number of hydrogen-bond donors (Lipinski definition) is 1. The van der Waals surface area contributed by atoms with Crippen LogP contribution in [0.25, 0.3) is 11.1 Å². The number of hydrogen-bond acceptors (Lipinski definition) is 4. The average molecular weight is 247 g/mol. The van der Waals surface area contributed by atoms with E-state index in [9.17, 15) is 4.79 Å². The number of rotatable bonds is 2. The van der Waals surface area contributed by atoms with Crippen molar-refractivity contribution in [3.63, 3.8) is 0 Å². The highest BCUT2D eigenvalue weighted by Crippen LogP contribution is 2.38. The van der Waals surface area contributed by atoms with Gasteiger partial charge in [0.25, 0.3) is 0 Å². The van der Waals surface area contributed by atoms with E-state index in [1.54, 1.807) is 0 Å². The third-order valence-electron chi connectivity index (χ3n) is 2.56. The van der Waals surface area contributed by atoms with E-state index in [-0.39, 0.29) is 5.97 Å². The van der Waals surface area contributed by atoms with Gasteiger partial charge in [-0.3, -0.25) is 0 Å². The fourth-order valence-corrected chi connectivity index (χ4v) is 2.76. The maximum atomic E-state index is 11.7. The van der Waals surface area contributed by atoms with Gasteiger partial charge < -0.3 is 10.5 Å². The first-order chi connectivity index (χ1) is 8.15. The molecule has 0 bridgehead atoms. The SMILES string of the molecule is COC(=O)c1c(N)sc(C)c1-c1ccccc1. The van der Waals surface area contributed by atoms with Gasteiger partial charge in [0.1, 0.15) is 10.6 Å². The molecule has 0 aliphatic carbocycles. The zero-order valence-electron chi connectivity index (χ0n) is 9.69. The molecule has 2 rings (SSSR count). The second-order valence-corrected chi connectivity index (χ2v) is 4.89. The maximum Gasteiger partial charge on any atom is 0.341 e. The lowest BCUT2D eigenvalue weighted by Crippen LogP contribution is -2.04. The molecule has 0 amide bonds. The molecule has 0 saturated carbocycles. The number of methoxy groups -OCH3 is 1. The van der Waals surface area contributed by atoms with Gasteiger partial charge in [-0.15, -0.1) is 11.3 Å². The van der Waals surface area contributed by atoms with Crippen LogP contribution in [-0.4, -0.2) is 13.1 Å². The van der Waals surface area contributed by atoms with Crippen molar-refractivity contribution in [2.24, 2.45) is 0 Å². The van der Waals surface area contributed by atoms with Crippen molar-refractivity contribution in [3.05, 3.63) is 40.8 Å². The van der Waals surface area contributed by atoms with E-state index in [0.717, 1.165) is 16.0 Å². The first-order valence-electron chi connectivity index (χ1n) is 5.17. The van der Waals surface area contributed by atoms with Gasteiger partial charge in [-0.25, -0.2) is 4.79 Å². The fraction of sp³-hybridized carbons (Fsp3) is 0.154. The Morgan fingerprint density at radius 3 is 2.53 bits per heavy atom. The number of carbonyl (C=O) groups excluding carboxylic acids is 1. The van der Waals surface area contributed by atoms with Gasteiger partial charge in [0.15, 0.2) is 0 Å². The zero-order valence-corrected chi connectivity index (χ0v) is 10.5. The van der Waals surface area contributed by atoms with E-state index in [4.69, 9.17) is 10.5 Å². The highest BCUT2D eigenvalue weighted by Gasteiger charge is 2.21. The predicted octanol–water partition coefficient (Wildman–Crippen LogP) is 3.09. The molecule has 4 heteroatoms. The lowest BCUT2D eigenvalue weighted by atomic mass is 10.0. The normalized spacial score (nSPS) is 10.2. The van der Waals surface area contributed by atoms with Crippen LogP contribution in [0.4, 0.5) is 5.00 Å². The Labute approximate surface area is 104 Å². The molecule has 0 radical (unpaired) electrons. The molecular formula is C13H13NO2S. The first-order valence-corrected chi connectivity index (χ1v) is 5.99. The summed E-state index contributed by atoms with van der Waals surface area (Å²) >= 11 is 1.41. The monoisotopic (exact) mass is 247 g/mol. The van der Waals surface area contributed by atoms with Crippen molar-refractivity contribution in [2.75, 3.05) is 12.8 Å². The molecule has 1 aromatic carbocycles. The Bertz CT molecular complexity index is 546. The lowest BCUT2D eigenvalue weighted by Gasteiger charge is -2.05. The van der Waals surface area contributed by atoms with Gasteiger partial charge in [-0.05, 0) is 12.5 Å². The van der Waals surface area contributed by atoms with Crippen molar-refractivity contribution >= 4 is 22.3 Å². The molecule has 0 atom stereocenters. The molecule has 1 heterocycles. The largest absolute Gasteiger partial charge is 0.465 e. The van der Waals surface area contributed by atoms with E-state index in [1.807, 2.05) is 37.3 Å². The Balaban J connectivity index is 2.65. The maximum absolute atomic E-state index is 11.7. The van der Waals surface area contributed by atoms with Gasteiger partial charge >= 0.3 is 5.97 Å². The predicted molar refractivity (Wildman–Crippen MR) is 70.2 cm³/mol. The summed E-state index contributed by atoms with van der Waals surface area (Å²) in [5.41, 5.74) is 8.21. The second-order valence-electron chi connectivity index (χ2n) is 3.63. The molecule has 0 fully saturated rings. The summed E-state index contributed by atoms with van der Waals surface area (Å²) in [5.74, 6) is -0.384. The zero-order chi connectivity index (χ0) is 12.4. The number of benzene rings is 1. The minimum atomic E-state index is -0.384.